The Hall–Kier alpha value is -3.71. The number of rotatable bonds is 18. The van der Waals surface area contributed by atoms with Crippen molar-refractivity contribution >= 4 is 11.0 Å². The van der Waals surface area contributed by atoms with E-state index in [-0.39, 0.29) is 6.10 Å². The van der Waals surface area contributed by atoms with E-state index in [2.05, 4.69) is 55.4 Å². The molecule has 0 N–H and O–H groups in total. The highest BCUT2D eigenvalue weighted by molar-refractivity contribution is 5.87. The van der Waals surface area contributed by atoms with Crippen molar-refractivity contribution in [3.05, 3.63) is 60.7 Å². The lowest BCUT2D eigenvalue weighted by Crippen LogP contribution is -2.25. The first-order chi connectivity index (χ1) is 21.0. The summed E-state index contributed by atoms with van der Waals surface area (Å²) in [7, 11) is 0. The predicted octanol–water partition coefficient (Wildman–Crippen LogP) is 8.98. The molecule has 43 heavy (non-hydrogen) atoms. The van der Waals surface area contributed by atoms with Crippen LogP contribution in [0.4, 0.5) is 0 Å². The number of aromatic nitrogens is 2. The fourth-order valence-electron chi connectivity index (χ4n) is 5.04. The third-order valence-electron chi connectivity index (χ3n) is 7.32. The van der Waals surface area contributed by atoms with Gasteiger partial charge in [-0.25, -0.2) is 4.98 Å². The van der Waals surface area contributed by atoms with Crippen molar-refractivity contribution in [2.24, 2.45) is 0 Å². The number of aryl methyl sites for hydroxylation is 1. The van der Waals surface area contributed by atoms with E-state index in [1.165, 1.54) is 0 Å². The Morgan fingerprint density at radius 2 is 1.51 bits per heavy atom. The van der Waals surface area contributed by atoms with Gasteiger partial charge in [-0.2, -0.15) is 0 Å². The van der Waals surface area contributed by atoms with Crippen molar-refractivity contribution in [2.75, 3.05) is 32.8 Å². The molecular weight excluding hydrogens is 538 g/mol. The fraction of sp³-hybridized carbons (Fsp3) is 0.472. The molecule has 7 nitrogen and oxygen atoms in total. The van der Waals surface area contributed by atoms with E-state index in [9.17, 15) is 0 Å². The molecule has 0 saturated carbocycles. The molecule has 0 amide bonds. The highest BCUT2D eigenvalue weighted by Gasteiger charge is 2.19. The van der Waals surface area contributed by atoms with E-state index < -0.39 is 0 Å². The minimum atomic E-state index is 0.0628. The van der Waals surface area contributed by atoms with Crippen molar-refractivity contribution in [1.82, 2.24) is 14.5 Å². The number of benzene rings is 3. The van der Waals surface area contributed by atoms with Crippen LogP contribution in [0.3, 0.4) is 0 Å². The minimum absolute atomic E-state index is 0.0628. The zero-order chi connectivity index (χ0) is 30.6. The van der Waals surface area contributed by atoms with E-state index in [1.807, 2.05) is 56.3 Å². The van der Waals surface area contributed by atoms with Gasteiger partial charge < -0.3 is 28.4 Å². The van der Waals surface area contributed by atoms with Crippen molar-refractivity contribution in [3.63, 3.8) is 0 Å². The molecule has 4 aromatic rings. The second-order valence-corrected chi connectivity index (χ2v) is 11.0. The number of hydrogen-bond donors (Lipinski definition) is 0. The average Bonchev–Trinajstić information content (AvgIpc) is 3.38. The van der Waals surface area contributed by atoms with Gasteiger partial charge in [0.2, 0.25) is 0 Å². The van der Waals surface area contributed by atoms with Gasteiger partial charge in [-0.15, -0.1) is 0 Å². The monoisotopic (exact) mass is 587 g/mol. The molecule has 4 rings (SSSR count). The van der Waals surface area contributed by atoms with E-state index in [1.54, 1.807) is 0 Å². The quantitative estimate of drug-likeness (QED) is 0.108. The standard InChI is InChI=1S/C36H49N3O4/c1-7-11-22-39-31-25-30(40-24-14-21-38(9-3)10-4)26-34(41-23-8-2)35(31)37-36(39)28-17-19-29(20-18-28)43-33-16-13-12-15-32(33)42-27(5)6/h12-13,15-20,25-27H,7-11,14,21-24H2,1-6H3. The molecule has 1 aromatic heterocycles. The first-order valence-corrected chi connectivity index (χ1v) is 16.0. The number of nitrogens with zero attached hydrogens (tertiary/aromatic N) is 3. The minimum Gasteiger partial charge on any atom is -0.493 e. The molecule has 0 spiro atoms. The molecule has 0 radical (unpaired) electrons. The van der Waals surface area contributed by atoms with E-state index in [0.29, 0.717) is 19.0 Å². The highest BCUT2D eigenvalue weighted by atomic mass is 16.5. The normalized spacial score (nSPS) is 11.4. The lowest BCUT2D eigenvalue weighted by molar-refractivity contribution is 0.233. The van der Waals surface area contributed by atoms with Gasteiger partial charge in [0, 0.05) is 30.8 Å². The summed E-state index contributed by atoms with van der Waals surface area (Å²) in [4.78, 5) is 7.57. The van der Waals surface area contributed by atoms with Crippen LogP contribution in [-0.2, 0) is 6.54 Å². The lowest BCUT2D eigenvalue weighted by atomic mass is 10.2. The summed E-state index contributed by atoms with van der Waals surface area (Å²) in [6.45, 7) is 18.1. The maximum atomic E-state index is 6.28. The van der Waals surface area contributed by atoms with Gasteiger partial charge >= 0.3 is 0 Å². The lowest BCUT2D eigenvalue weighted by Gasteiger charge is -2.18. The smallest absolute Gasteiger partial charge is 0.169 e. The molecule has 0 atom stereocenters. The molecule has 0 saturated heterocycles. The third-order valence-corrected chi connectivity index (χ3v) is 7.32. The summed E-state index contributed by atoms with van der Waals surface area (Å²) in [6, 6.07) is 20.0. The summed E-state index contributed by atoms with van der Waals surface area (Å²) >= 11 is 0. The van der Waals surface area contributed by atoms with Crippen molar-refractivity contribution in [2.45, 2.75) is 79.9 Å². The van der Waals surface area contributed by atoms with E-state index in [4.69, 9.17) is 23.9 Å². The molecule has 3 aromatic carbocycles. The molecule has 0 fully saturated rings. The van der Waals surface area contributed by atoms with Gasteiger partial charge in [-0.3, -0.25) is 0 Å². The number of unbranched alkanes of at least 4 members (excludes halogenated alkanes) is 1. The van der Waals surface area contributed by atoms with E-state index in [0.717, 1.165) is 97.3 Å². The summed E-state index contributed by atoms with van der Waals surface area (Å²) in [5.74, 6) is 4.69. The number of para-hydroxylation sites is 2. The van der Waals surface area contributed by atoms with Gasteiger partial charge in [0.05, 0.1) is 24.8 Å². The van der Waals surface area contributed by atoms with Crippen molar-refractivity contribution in [1.29, 1.82) is 0 Å². The second kappa shape index (κ2) is 16.2. The molecule has 0 bridgehead atoms. The van der Waals surface area contributed by atoms with Crippen molar-refractivity contribution < 1.29 is 18.9 Å². The van der Waals surface area contributed by atoms with Crippen LogP contribution in [-0.4, -0.2) is 53.4 Å². The summed E-state index contributed by atoms with van der Waals surface area (Å²) in [5.41, 5.74) is 2.93. The number of fused-ring (bicyclic) bond motifs is 1. The number of hydrogen-bond acceptors (Lipinski definition) is 6. The molecule has 1 heterocycles. The first-order valence-electron chi connectivity index (χ1n) is 16.0. The molecular formula is C36H49N3O4. The predicted molar refractivity (Wildman–Crippen MR) is 176 cm³/mol. The number of ether oxygens (including phenoxy) is 4. The Kier molecular flexibility index (Phi) is 12.2. The zero-order valence-electron chi connectivity index (χ0n) is 26.9. The van der Waals surface area contributed by atoms with Crippen LogP contribution in [0.1, 0.15) is 67.2 Å². The maximum Gasteiger partial charge on any atom is 0.169 e. The second-order valence-electron chi connectivity index (χ2n) is 11.0. The molecule has 7 heteroatoms. The Labute approximate surface area is 257 Å². The summed E-state index contributed by atoms with van der Waals surface area (Å²) < 4.78 is 27.0. The first kappa shape index (κ1) is 32.2. The van der Waals surface area contributed by atoms with Crippen LogP contribution >= 0.6 is 0 Å². The molecule has 0 aliphatic carbocycles. The van der Waals surface area contributed by atoms with Crippen LogP contribution < -0.4 is 18.9 Å². The zero-order valence-corrected chi connectivity index (χ0v) is 26.9. The third kappa shape index (κ3) is 8.66. The topological polar surface area (TPSA) is 58.0 Å². The number of imidazole rings is 1. The van der Waals surface area contributed by atoms with Crippen LogP contribution in [0.2, 0.25) is 0 Å². The summed E-state index contributed by atoms with van der Waals surface area (Å²) in [5, 5.41) is 0. The van der Waals surface area contributed by atoms with Crippen molar-refractivity contribution in [3.8, 4) is 40.1 Å². The van der Waals surface area contributed by atoms with Gasteiger partial charge in [-0.05, 0) is 82.6 Å². The maximum absolute atomic E-state index is 6.28. The average molecular weight is 588 g/mol. The highest BCUT2D eigenvalue weighted by Crippen LogP contribution is 2.37. The summed E-state index contributed by atoms with van der Waals surface area (Å²) in [6.07, 6.45) is 4.10. The molecule has 0 unspecified atom stereocenters. The largest absolute Gasteiger partial charge is 0.493 e. The Morgan fingerprint density at radius 3 is 2.19 bits per heavy atom. The Morgan fingerprint density at radius 1 is 0.767 bits per heavy atom. The fourth-order valence-corrected chi connectivity index (χ4v) is 5.04. The Balaban J connectivity index is 1.64. The molecule has 0 aliphatic heterocycles. The van der Waals surface area contributed by atoms with Crippen LogP contribution in [0, 0.1) is 0 Å². The Bertz CT molecular complexity index is 1410. The van der Waals surface area contributed by atoms with Crippen LogP contribution in [0.25, 0.3) is 22.4 Å². The van der Waals surface area contributed by atoms with Gasteiger partial charge in [0.1, 0.15) is 22.8 Å². The van der Waals surface area contributed by atoms with Gasteiger partial charge in [0.25, 0.3) is 0 Å². The van der Waals surface area contributed by atoms with E-state index >= 15 is 0 Å². The van der Waals surface area contributed by atoms with Crippen LogP contribution in [0.5, 0.6) is 28.7 Å². The van der Waals surface area contributed by atoms with Gasteiger partial charge in [-0.1, -0.05) is 46.2 Å². The molecule has 0 aliphatic rings. The SMILES string of the molecule is CCCCn1c(-c2ccc(Oc3ccccc3OC(C)C)cc2)nc2c(OCCC)cc(OCCCN(CC)CC)cc21. The van der Waals surface area contributed by atoms with Gasteiger partial charge in [0.15, 0.2) is 17.2 Å². The molecule has 232 valence electrons. The van der Waals surface area contributed by atoms with Crippen LogP contribution in [0.15, 0.2) is 60.7 Å².